The lowest BCUT2D eigenvalue weighted by atomic mass is 9.98. The van der Waals surface area contributed by atoms with Gasteiger partial charge in [0.05, 0.1) is 5.52 Å². The molecule has 1 aromatic heterocycles. The van der Waals surface area contributed by atoms with Gasteiger partial charge in [-0.3, -0.25) is 4.98 Å². The molecule has 0 saturated heterocycles. The molecule has 82 valence electrons. The number of pyridine rings is 1. The first-order chi connectivity index (χ1) is 7.79. The highest BCUT2D eigenvalue weighted by atomic mass is 19.1. The molecule has 0 atom stereocenters. The third kappa shape index (κ3) is 1.49. The Morgan fingerprint density at radius 2 is 2.19 bits per heavy atom. The van der Waals surface area contributed by atoms with Gasteiger partial charge in [-0.25, -0.2) is 4.39 Å². The molecule has 0 spiro atoms. The molecule has 1 fully saturated rings. The summed E-state index contributed by atoms with van der Waals surface area (Å²) in [4.78, 5) is 4.34. The van der Waals surface area contributed by atoms with Crippen LogP contribution >= 0.6 is 0 Å². The average molecular weight is 215 g/mol. The van der Waals surface area contributed by atoms with Crippen molar-refractivity contribution in [3.63, 3.8) is 0 Å². The SMILES string of the molecule is CCc1cnc2cc(F)ccc2c1C1CC1. The van der Waals surface area contributed by atoms with Gasteiger partial charge < -0.3 is 0 Å². The van der Waals surface area contributed by atoms with Crippen LogP contribution < -0.4 is 0 Å². The van der Waals surface area contributed by atoms with Gasteiger partial charge in [0, 0.05) is 17.6 Å². The van der Waals surface area contributed by atoms with Crippen molar-refractivity contribution < 1.29 is 4.39 Å². The zero-order valence-corrected chi connectivity index (χ0v) is 9.33. The highest BCUT2D eigenvalue weighted by molar-refractivity contribution is 5.84. The van der Waals surface area contributed by atoms with E-state index in [2.05, 4.69) is 11.9 Å². The number of aryl methyl sites for hydroxylation is 1. The summed E-state index contributed by atoms with van der Waals surface area (Å²) in [7, 11) is 0. The first-order valence-electron chi connectivity index (χ1n) is 5.86. The van der Waals surface area contributed by atoms with Crippen LogP contribution in [0.2, 0.25) is 0 Å². The van der Waals surface area contributed by atoms with Gasteiger partial charge in [-0.2, -0.15) is 0 Å². The van der Waals surface area contributed by atoms with Gasteiger partial charge in [0.1, 0.15) is 5.82 Å². The highest BCUT2D eigenvalue weighted by Gasteiger charge is 2.27. The molecule has 1 aliphatic rings. The van der Waals surface area contributed by atoms with E-state index >= 15 is 0 Å². The van der Waals surface area contributed by atoms with Crippen molar-refractivity contribution in [2.75, 3.05) is 0 Å². The van der Waals surface area contributed by atoms with E-state index in [1.165, 1.54) is 36.1 Å². The summed E-state index contributed by atoms with van der Waals surface area (Å²) in [6.45, 7) is 2.15. The topological polar surface area (TPSA) is 12.9 Å². The van der Waals surface area contributed by atoms with Crippen molar-refractivity contribution in [1.82, 2.24) is 4.98 Å². The number of nitrogens with zero attached hydrogens (tertiary/aromatic N) is 1. The number of rotatable bonds is 2. The van der Waals surface area contributed by atoms with Crippen LogP contribution in [0, 0.1) is 5.82 Å². The summed E-state index contributed by atoms with van der Waals surface area (Å²) in [6, 6.07) is 4.94. The third-order valence-corrected chi connectivity index (χ3v) is 3.32. The molecule has 0 amide bonds. The lowest BCUT2D eigenvalue weighted by Crippen LogP contribution is -1.95. The minimum atomic E-state index is -0.203. The molecular formula is C14H14FN. The molecule has 1 nitrogen and oxygen atoms in total. The minimum absolute atomic E-state index is 0.203. The van der Waals surface area contributed by atoms with Crippen LogP contribution in [0.3, 0.4) is 0 Å². The molecule has 1 heterocycles. The Hall–Kier alpha value is -1.44. The lowest BCUT2D eigenvalue weighted by Gasteiger charge is -2.10. The van der Waals surface area contributed by atoms with E-state index in [1.54, 1.807) is 0 Å². The Labute approximate surface area is 94.3 Å². The molecule has 16 heavy (non-hydrogen) atoms. The molecular weight excluding hydrogens is 201 g/mol. The molecule has 2 heteroatoms. The maximum atomic E-state index is 13.1. The van der Waals surface area contributed by atoms with Crippen molar-refractivity contribution >= 4 is 10.9 Å². The van der Waals surface area contributed by atoms with Gasteiger partial charge in [-0.05, 0) is 48.4 Å². The first-order valence-corrected chi connectivity index (χ1v) is 5.86. The fourth-order valence-electron chi connectivity index (χ4n) is 2.37. The number of hydrogen-bond acceptors (Lipinski definition) is 1. The summed E-state index contributed by atoms with van der Waals surface area (Å²) in [5, 5.41) is 1.14. The zero-order chi connectivity index (χ0) is 11.1. The quantitative estimate of drug-likeness (QED) is 0.742. The minimum Gasteiger partial charge on any atom is -0.256 e. The molecule has 0 bridgehead atoms. The Morgan fingerprint density at radius 3 is 2.88 bits per heavy atom. The Bertz CT molecular complexity index is 544. The van der Waals surface area contributed by atoms with Crippen LogP contribution in [-0.2, 0) is 6.42 Å². The zero-order valence-electron chi connectivity index (χ0n) is 9.33. The molecule has 0 N–H and O–H groups in total. The molecule has 0 unspecified atom stereocenters. The second-order valence-electron chi connectivity index (χ2n) is 4.49. The molecule has 0 radical (unpaired) electrons. The number of halogens is 1. The largest absolute Gasteiger partial charge is 0.256 e. The van der Waals surface area contributed by atoms with Crippen molar-refractivity contribution in [3.05, 3.63) is 41.3 Å². The van der Waals surface area contributed by atoms with Crippen molar-refractivity contribution in [2.24, 2.45) is 0 Å². The Kier molecular flexibility index (Phi) is 2.16. The van der Waals surface area contributed by atoms with E-state index in [1.807, 2.05) is 12.3 Å². The first kappa shape index (κ1) is 9.76. The normalized spacial score (nSPS) is 15.6. The van der Waals surface area contributed by atoms with Crippen molar-refractivity contribution in [1.29, 1.82) is 0 Å². The summed E-state index contributed by atoms with van der Waals surface area (Å²) in [5.41, 5.74) is 3.52. The number of benzene rings is 1. The van der Waals surface area contributed by atoms with Crippen LogP contribution in [0.25, 0.3) is 10.9 Å². The van der Waals surface area contributed by atoms with Gasteiger partial charge in [-0.15, -0.1) is 0 Å². The van der Waals surface area contributed by atoms with Gasteiger partial charge in [0.15, 0.2) is 0 Å². The van der Waals surface area contributed by atoms with Crippen LogP contribution in [0.5, 0.6) is 0 Å². The molecule has 0 aliphatic heterocycles. The third-order valence-electron chi connectivity index (χ3n) is 3.32. The fourth-order valence-corrected chi connectivity index (χ4v) is 2.37. The Morgan fingerprint density at radius 1 is 1.38 bits per heavy atom. The van der Waals surface area contributed by atoms with Gasteiger partial charge in [-0.1, -0.05) is 6.92 Å². The molecule has 2 aromatic rings. The van der Waals surface area contributed by atoms with E-state index in [0.29, 0.717) is 5.92 Å². The van der Waals surface area contributed by atoms with Crippen molar-refractivity contribution in [2.45, 2.75) is 32.1 Å². The summed E-state index contributed by atoms with van der Waals surface area (Å²) >= 11 is 0. The number of hydrogen-bond donors (Lipinski definition) is 0. The van der Waals surface area contributed by atoms with E-state index in [4.69, 9.17) is 0 Å². The standard InChI is InChI=1S/C14H14FN/c1-2-9-8-16-13-7-11(15)5-6-12(13)14(9)10-3-4-10/h5-8,10H,2-4H2,1H3. The van der Waals surface area contributed by atoms with E-state index in [-0.39, 0.29) is 5.82 Å². The van der Waals surface area contributed by atoms with Crippen LogP contribution in [-0.4, -0.2) is 4.98 Å². The summed E-state index contributed by atoms with van der Waals surface area (Å²) in [5.74, 6) is 0.483. The summed E-state index contributed by atoms with van der Waals surface area (Å²) < 4.78 is 13.1. The summed E-state index contributed by atoms with van der Waals surface area (Å²) in [6.07, 6.45) is 5.45. The smallest absolute Gasteiger partial charge is 0.125 e. The van der Waals surface area contributed by atoms with E-state index < -0.39 is 0 Å². The maximum Gasteiger partial charge on any atom is 0.125 e. The molecule has 3 rings (SSSR count). The van der Waals surface area contributed by atoms with Crippen LogP contribution in [0.4, 0.5) is 4.39 Å². The van der Waals surface area contributed by atoms with Gasteiger partial charge in [0.2, 0.25) is 0 Å². The second-order valence-corrected chi connectivity index (χ2v) is 4.49. The van der Waals surface area contributed by atoms with Crippen LogP contribution in [0.15, 0.2) is 24.4 Å². The molecule has 1 saturated carbocycles. The molecule has 1 aromatic carbocycles. The number of aromatic nitrogens is 1. The number of fused-ring (bicyclic) bond motifs is 1. The molecule has 1 aliphatic carbocycles. The predicted octanol–water partition coefficient (Wildman–Crippen LogP) is 3.81. The van der Waals surface area contributed by atoms with E-state index in [0.717, 1.165) is 17.3 Å². The maximum absolute atomic E-state index is 13.1. The highest BCUT2D eigenvalue weighted by Crippen LogP contribution is 2.44. The second kappa shape index (κ2) is 3.55. The van der Waals surface area contributed by atoms with Gasteiger partial charge >= 0.3 is 0 Å². The predicted molar refractivity (Wildman–Crippen MR) is 63.1 cm³/mol. The Balaban J connectivity index is 2.30. The van der Waals surface area contributed by atoms with E-state index in [9.17, 15) is 4.39 Å². The van der Waals surface area contributed by atoms with Crippen LogP contribution in [0.1, 0.15) is 36.8 Å². The van der Waals surface area contributed by atoms with Gasteiger partial charge in [0.25, 0.3) is 0 Å². The monoisotopic (exact) mass is 215 g/mol. The fraction of sp³-hybridized carbons (Fsp3) is 0.357. The van der Waals surface area contributed by atoms with Crippen molar-refractivity contribution in [3.8, 4) is 0 Å². The average Bonchev–Trinajstić information content (AvgIpc) is 3.11. The lowest BCUT2D eigenvalue weighted by molar-refractivity contribution is 0.629.